The van der Waals surface area contributed by atoms with Crippen LogP contribution in [0.4, 0.5) is 5.69 Å². The molecule has 6 heteroatoms. The van der Waals surface area contributed by atoms with Crippen LogP contribution in [-0.2, 0) is 11.2 Å². The number of halogens is 3. The second kappa shape index (κ2) is 7.16. The predicted octanol–water partition coefficient (Wildman–Crippen LogP) is 4.95. The van der Waals surface area contributed by atoms with E-state index in [4.69, 9.17) is 27.9 Å². The van der Waals surface area contributed by atoms with Gasteiger partial charge >= 0.3 is 0 Å². The molecule has 2 aromatic rings. The van der Waals surface area contributed by atoms with E-state index in [9.17, 15) is 4.79 Å². The Morgan fingerprint density at radius 1 is 1.19 bits per heavy atom. The minimum absolute atomic E-state index is 0.151. The van der Waals surface area contributed by atoms with Crippen molar-refractivity contribution in [1.82, 2.24) is 0 Å². The van der Waals surface area contributed by atoms with Crippen LogP contribution in [0.5, 0.6) is 5.75 Å². The number of hydrogen-bond acceptors (Lipinski definition) is 2. The van der Waals surface area contributed by atoms with Crippen molar-refractivity contribution < 1.29 is 9.53 Å². The van der Waals surface area contributed by atoms with Gasteiger partial charge in [-0.2, -0.15) is 0 Å². The summed E-state index contributed by atoms with van der Waals surface area (Å²) in [6.45, 7) is 0. The van der Waals surface area contributed by atoms with Gasteiger partial charge in [-0.05, 0) is 45.8 Å². The highest BCUT2D eigenvalue weighted by Gasteiger charge is 2.09. The molecule has 2 aromatic carbocycles. The first-order valence-electron chi connectivity index (χ1n) is 6.07. The summed E-state index contributed by atoms with van der Waals surface area (Å²) in [6.07, 6.45) is 0.209. The summed E-state index contributed by atoms with van der Waals surface area (Å²) in [7, 11) is 1.57. The average Bonchev–Trinajstić information content (AvgIpc) is 2.45. The number of hydrogen-bond donors (Lipinski definition) is 1. The minimum Gasteiger partial charge on any atom is -0.497 e. The van der Waals surface area contributed by atoms with Crippen molar-refractivity contribution in [3.63, 3.8) is 0 Å². The lowest BCUT2D eigenvalue weighted by atomic mass is 10.1. The zero-order chi connectivity index (χ0) is 15.4. The normalized spacial score (nSPS) is 10.3. The van der Waals surface area contributed by atoms with E-state index in [1.165, 1.54) is 0 Å². The molecule has 0 unspecified atom stereocenters. The number of amides is 1. The molecule has 0 aliphatic rings. The molecule has 1 amide bonds. The molecule has 0 heterocycles. The number of ether oxygens (including phenoxy) is 1. The van der Waals surface area contributed by atoms with Crippen LogP contribution in [0.25, 0.3) is 0 Å². The SMILES string of the molecule is COc1ccc(Br)c(NC(=O)Cc2ccc(Cl)c(Cl)c2)c1. The van der Waals surface area contributed by atoms with Crippen LogP contribution >= 0.6 is 39.1 Å². The van der Waals surface area contributed by atoms with Crippen molar-refractivity contribution in [2.75, 3.05) is 12.4 Å². The summed E-state index contributed by atoms with van der Waals surface area (Å²) in [5, 5.41) is 3.73. The van der Waals surface area contributed by atoms with Gasteiger partial charge < -0.3 is 10.1 Å². The first kappa shape index (κ1) is 16.1. The molecule has 0 aliphatic carbocycles. The lowest BCUT2D eigenvalue weighted by Crippen LogP contribution is -2.14. The number of methoxy groups -OCH3 is 1. The van der Waals surface area contributed by atoms with Gasteiger partial charge in [0.1, 0.15) is 5.75 Å². The van der Waals surface area contributed by atoms with Crippen LogP contribution in [0.2, 0.25) is 10.0 Å². The van der Waals surface area contributed by atoms with Gasteiger partial charge in [0.25, 0.3) is 0 Å². The summed E-state index contributed by atoms with van der Waals surface area (Å²) < 4.78 is 5.92. The summed E-state index contributed by atoms with van der Waals surface area (Å²) >= 11 is 15.2. The topological polar surface area (TPSA) is 38.3 Å². The van der Waals surface area contributed by atoms with Gasteiger partial charge in [-0.25, -0.2) is 0 Å². The summed E-state index contributed by atoms with van der Waals surface area (Å²) in [5.41, 5.74) is 1.44. The highest BCUT2D eigenvalue weighted by Crippen LogP contribution is 2.27. The van der Waals surface area contributed by atoms with Crippen molar-refractivity contribution in [2.45, 2.75) is 6.42 Å². The van der Waals surface area contributed by atoms with Crippen LogP contribution in [-0.4, -0.2) is 13.0 Å². The number of nitrogens with one attached hydrogen (secondary N) is 1. The van der Waals surface area contributed by atoms with Crippen LogP contribution in [0.1, 0.15) is 5.56 Å². The Morgan fingerprint density at radius 2 is 1.95 bits per heavy atom. The highest BCUT2D eigenvalue weighted by molar-refractivity contribution is 9.10. The van der Waals surface area contributed by atoms with E-state index < -0.39 is 0 Å². The third-order valence-electron chi connectivity index (χ3n) is 2.80. The maximum atomic E-state index is 12.1. The van der Waals surface area contributed by atoms with Crippen LogP contribution in [0.3, 0.4) is 0 Å². The third kappa shape index (κ3) is 4.37. The maximum Gasteiger partial charge on any atom is 0.228 e. The quantitative estimate of drug-likeness (QED) is 0.804. The molecule has 3 nitrogen and oxygen atoms in total. The standard InChI is InChI=1S/C15H12BrCl2NO2/c1-21-10-3-4-11(16)14(8-10)19-15(20)7-9-2-5-12(17)13(18)6-9/h2-6,8H,7H2,1H3,(H,19,20). The molecule has 2 rings (SSSR count). The van der Waals surface area contributed by atoms with Crippen LogP contribution < -0.4 is 10.1 Å². The number of rotatable bonds is 4. The fraction of sp³-hybridized carbons (Fsp3) is 0.133. The molecule has 0 aliphatic heterocycles. The Bertz CT molecular complexity index is 677. The largest absolute Gasteiger partial charge is 0.497 e. The van der Waals surface area contributed by atoms with Gasteiger partial charge in [0.15, 0.2) is 0 Å². The van der Waals surface area contributed by atoms with Crippen molar-refractivity contribution in [3.8, 4) is 5.75 Å². The fourth-order valence-electron chi connectivity index (χ4n) is 1.76. The summed E-state index contributed by atoms with van der Waals surface area (Å²) in [5.74, 6) is 0.519. The molecule has 110 valence electrons. The molecule has 0 spiro atoms. The third-order valence-corrected chi connectivity index (χ3v) is 4.23. The highest BCUT2D eigenvalue weighted by atomic mass is 79.9. The van der Waals surface area contributed by atoms with E-state index in [1.54, 1.807) is 37.4 Å². The molecule has 0 atom stereocenters. The van der Waals surface area contributed by atoms with Gasteiger partial charge in [0.05, 0.1) is 29.3 Å². The molecule has 0 fully saturated rings. The van der Waals surface area contributed by atoms with E-state index in [0.29, 0.717) is 21.5 Å². The molecular weight excluding hydrogens is 377 g/mol. The van der Waals surface area contributed by atoms with Gasteiger partial charge in [0.2, 0.25) is 5.91 Å². The summed E-state index contributed by atoms with van der Waals surface area (Å²) in [6, 6.07) is 10.5. The van der Waals surface area contributed by atoms with E-state index in [-0.39, 0.29) is 12.3 Å². The number of anilines is 1. The zero-order valence-electron chi connectivity index (χ0n) is 11.1. The molecule has 0 aromatic heterocycles. The van der Waals surface area contributed by atoms with Crippen molar-refractivity contribution in [3.05, 3.63) is 56.5 Å². The Kier molecular flexibility index (Phi) is 5.51. The van der Waals surface area contributed by atoms with Gasteiger partial charge in [0, 0.05) is 10.5 Å². The average molecular weight is 389 g/mol. The first-order valence-corrected chi connectivity index (χ1v) is 7.62. The second-order valence-electron chi connectivity index (χ2n) is 4.32. The lowest BCUT2D eigenvalue weighted by molar-refractivity contribution is -0.115. The molecule has 0 saturated carbocycles. The Hall–Kier alpha value is -1.23. The van der Waals surface area contributed by atoms with Crippen molar-refractivity contribution in [1.29, 1.82) is 0 Å². The van der Waals surface area contributed by atoms with Gasteiger partial charge in [-0.15, -0.1) is 0 Å². The maximum absolute atomic E-state index is 12.1. The van der Waals surface area contributed by atoms with Crippen LogP contribution in [0, 0.1) is 0 Å². The van der Waals surface area contributed by atoms with E-state index >= 15 is 0 Å². The molecular formula is C15H12BrCl2NO2. The van der Waals surface area contributed by atoms with Gasteiger partial charge in [-0.3, -0.25) is 4.79 Å². The fourth-order valence-corrected chi connectivity index (χ4v) is 2.42. The minimum atomic E-state index is -0.151. The predicted molar refractivity (Wildman–Crippen MR) is 89.5 cm³/mol. The number of carbonyl (C=O) groups is 1. The zero-order valence-corrected chi connectivity index (χ0v) is 14.2. The lowest BCUT2D eigenvalue weighted by Gasteiger charge is -2.09. The smallest absolute Gasteiger partial charge is 0.228 e. The Morgan fingerprint density at radius 3 is 2.62 bits per heavy atom. The van der Waals surface area contributed by atoms with E-state index in [2.05, 4.69) is 21.2 Å². The number of carbonyl (C=O) groups excluding carboxylic acids is 1. The van der Waals surface area contributed by atoms with E-state index in [0.717, 1.165) is 10.0 Å². The second-order valence-corrected chi connectivity index (χ2v) is 5.99. The molecule has 0 bridgehead atoms. The monoisotopic (exact) mass is 387 g/mol. The first-order chi connectivity index (χ1) is 9.99. The molecule has 1 N–H and O–H groups in total. The molecule has 21 heavy (non-hydrogen) atoms. The molecule has 0 radical (unpaired) electrons. The van der Waals surface area contributed by atoms with Crippen LogP contribution in [0.15, 0.2) is 40.9 Å². The van der Waals surface area contributed by atoms with Crippen molar-refractivity contribution in [2.24, 2.45) is 0 Å². The number of benzene rings is 2. The van der Waals surface area contributed by atoms with Crippen molar-refractivity contribution >= 4 is 50.7 Å². The summed E-state index contributed by atoms with van der Waals surface area (Å²) in [4.78, 5) is 12.1. The molecule has 0 saturated heterocycles. The van der Waals surface area contributed by atoms with E-state index in [1.807, 2.05) is 6.07 Å². The van der Waals surface area contributed by atoms with Gasteiger partial charge in [-0.1, -0.05) is 29.3 Å². The Labute approximate surface area is 141 Å². The Balaban J connectivity index is 2.09.